The summed E-state index contributed by atoms with van der Waals surface area (Å²) in [5.41, 5.74) is 7.97. The summed E-state index contributed by atoms with van der Waals surface area (Å²) in [6.07, 6.45) is 2.17. The molecule has 1 rings (SSSR count). The van der Waals surface area contributed by atoms with Crippen molar-refractivity contribution in [2.24, 2.45) is 5.92 Å². The summed E-state index contributed by atoms with van der Waals surface area (Å²) in [6.45, 7) is 6.96. The van der Waals surface area contributed by atoms with Gasteiger partial charge in [0, 0.05) is 12.2 Å². The predicted octanol–water partition coefficient (Wildman–Crippen LogP) is 2.74. The zero-order chi connectivity index (χ0) is 12.8. The summed E-state index contributed by atoms with van der Waals surface area (Å²) < 4.78 is 0. The van der Waals surface area contributed by atoms with E-state index < -0.39 is 0 Å². The minimum absolute atomic E-state index is 0.0712. The van der Waals surface area contributed by atoms with Crippen molar-refractivity contribution in [2.75, 3.05) is 12.3 Å². The van der Waals surface area contributed by atoms with Gasteiger partial charge in [0.2, 0.25) is 0 Å². The average Bonchev–Trinajstić information content (AvgIpc) is 2.33. The fourth-order valence-electron chi connectivity index (χ4n) is 1.78. The van der Waals surface area contributed by atoms with Gasteiger partial charge in [-0.1, -0.05) is 38.3 Å². The standard InChI is InChI=1S/C14H22N2O/c1-4-11(5-2)9-16-14(17)12-8-10(3)6-7-13(12)15/h6-8,11H,4-5,9,15H2,1-3H3,(H,16,17). The van der Waals surface area contributed by atoms with Crippen molar-refractivity contribution in [3.63, 3.8) is 0 Å². The molecular formula is C14H22N2O. The molecule has 0 saturated carbocycles. The van der Waals surface area contributed by atoms with Gasteiger partial charge in [0.15, 0.2) is 0 Å². The lowest BCUT2D eigenvalue weighted by molar-refractivity contribution is 0.0947. The highest BCUT2D eigenvalue weighted by Gasteiger charge is 2.11. The number of carbonyl (C=O) groups is 1. The highest BCUT2D eigenvalue weighted by molar-refractivity contribution is 5.99. The molecule has 0 fully saturated rings. The lowest BCUT2D eigenvalue weighted by Gasteiger charge is -2.14. The smallest absolute Gasteiger partial charge is 0.253 e. The van der Waals surface area contributed by atoms with E-state index in [0.29, 0.717) is 17.2 Å². The van der Waals surface area contributed by atoms with E-state index in [9.17, 15) is 4.79 Å². The minimum Gasteiger partial charge on any atom is -0.398 e. The Labute approximate surface area is 103 Å². The van der Waals surface area contributed by atoms with Crippen molar-refractivity contribution in [1.29, 1.82) is 0 Å². The second-order valence-electron chi connectivity index (χ2n) is 4.48. The molecule has 0 aliphatic heterocycles. The third kappa shape index (κ3) is 3.77. The van der Waals surface area contributed by atoms with Crippen molar-refractivity contribution in [3.05, 3.63) is 29.3 Å². The summed E-state index contributed by atoms with van der Waals surface area (Å²) in [7, 11) is 0. The quantitative estimate of drug-likeness (QED) is 0.770. The first-order chi connectivity index (χ1) is 8.08. The van der Waals surface area contributed by atoms with Gasteiger partial charge in [-0.25, -0.2) is 0 Å². The van der Waals surface area contributed by atoms with Crippen LogP contribution in [0.4, 0.5) is 5.69 Å². The van der Waals surface area contributed by atoms with E-state index in [0.717, 1.165) is 24.9 Å². The SMILES string of the molecule is CCC(CC)CNC(=O)c1cc(C)ccc1N. The summed E-state index contributed by atoms with van der Waals surface area (Å²) in [5.74, 6) is 0.475. The van der Waals surface area contributed by atoms with E-state index in [1.165, 1.54) is 0 Å². The number of amides is 1. The van der Waals surface area contributed by atoms with Crippen LogP contribution in [0.15, 0.2) is 18.2 Å². The molecule has 1 amide bonds. The summed E-state index contributed by atoms with van der Waals surface area (Å²) >= 11 is 0. The van der Waals surface area contributed by atoms with E-state index in [2.05, 4.69) is 19.2 Å². The van der Waals surface area contributed by atoms with Crippen LogP contribution in [-0.2, 0) is 0 Å². The Balaban J connectivity index is 2.66. The van der Waals surface area contributed by atoms with Crippen LogP contribution in [0.3, 0.4) is 0 Å². The molecular weight excluding hydrogens is 212 g/mol. The summed E-state index contributed by atoms with van der Waals surface area (Å²) in [6, 6.07) is 5.52. The second kappa shape index (κ2) is 6.28. The van der Waals surface area contributed by atoms with Crippen molar-refractivity contribution >= 4 is 11.6 Å². The van der Waals surface area contributed by atoms with E-state index in [4.69, 9.17) is 5.73 Å². The van der Waals surface area contributed by atoms with Crippen molar-refractivity contribution in [1.82, 2.24) is 5.32 Å². The van der Waals surface area contributed by atoms with Crippen LogP contribution in [0.25, 0.3) is 0 Å². The highest BCUT2D eigenvalue weighted by atomic mass is 16.1. The average molecular weight is 234 g/mol. The second-order valence-corrected chi connectivity index (χ2v) is 4.48. The first kappa shape index (κ1) is 13.6. The van der Waals surface area contributed by atoms with E-state index in [1.54, 1.807) is 6.07 Å². The molecule has 1 aromatic carbocycles. The zero-order valence-electron chi connectivity index (χ0n) is 10.9. The maximum Gasteiger partial charge on any atom is 0.253 e. The van der Waals surface area contributed by atoms with Gasteiger partial charge < -0.3 is 11.1 Å². The molecule has 3 heteroatoms. The molecule has 3 nitrogen and oxygen atoms in total. The van der Waals surface area contributed by atoms with Gasteiger partial charge in [-0.15, -0.1) is 0 Å². The van der Waals surface area contributed by atoms with E-state index in [-0.39, 0.29) is 5.91 Å². The number of anilines is 1. The molecule has 0 heterocycles. The monoisotopic (exact) mass is 234 g/mol. The van der Waals surface area contributed by atoms with Gasteiger partial charge in [0.1, 0.15) is 0 Å². The number of nitrogens with two attached hydrogens (primary N) is 1. The Hall–Kier alpha value is -1.51. The van der Waals surface area contributed by atoms with Gasteiger partial charge in [-0.05, 0) is 25.0 Å². The van der Waals surface area contributed by atoms with Crippen LogP contribution in [-0.4, -0.2) is 12.5 Å². The van der Waals surface area contributed by atoms with Crippen LogP contribution >= 0.6 is 0 Å². The Bertz CT molecular complexity index is 384. The van der Waals surface area contributed by atoms with E-state index in [1.807, 2.05) is 19.1 Å². The number of carbonyl (C=O) groups excluding carboxylic acids is 1. The van der Waals surface area contributed by atoms with Gasteiger partial charge in [-0.2, -0.15) is 0 Å². The number of nitrogen functional groups attached to an aromatic ring is 1. The molecule has 94 valence electrons. The molecule has 0 unspecified atom stereocenters. The largest absolute Gasteiger partial charge is 0.398 e. The fourth-order valence-corrected chi connectivity index (χ4v) is 1.78. The molecule has 0 radical (unpaired) electrons. The van der Waals surface area contributed by atoms with Crippen LogP contribution in [0, 0.1) is 12.8 Å². The van der Waals surface area contributed by atoms with Gasteiger partial charge in [0.05, 0.1) is 5.56 Å². The van der Waals surface area contributed by atoms with Crippen LogP contribution in [0.5, 0.6) is 0 Å². The molecule has 0 aliphatic carbocycles. The van der Waals surface area contributed by atoms with Gasteiger partial charge >= 0.3 is 0 Å². The van der Waals surface area contributed by atoms with Gasteiger partial charge in [-0.3, -0.25) is 4.79 Å². The molecule has 1 aromatic rings. The summed E-state index contributed by atoms with van der Waals surface area (Å²) in [5, 5.41) is 2.95. The number of benzene rings is 1. The molecule has 17 heavy (non-hydrogen) atoms. The number of rotatable bonds is 5. The minimum atomic E-state index is -0.0712. The van der Waals surface area contributed by atoms with Crippen LogP contribution in [0.1, 0.15) is 42.6 Å². The van der Waals surface area contributed by atoms with Crippen molar-refractivity contribution in [2.45, 2.75) is 33.6 Å². The molecule has 0 spiro atoms. The molecule has 0 aromatic heterocycles. The first-order valence-corrected chi connectivity index (χ1v) is 6.22. The lowest BCUT2D eigenvalue weighted by atomic mass is 10.0. The van der Waals surface area contributed by atoms with Crippen LogP contribution in [0.2, 0.25) is 0 Å². The zero-order valence-corrected chi connectivity index (χ0v) is 10.9. The van der Waals surface area contributed by atoms with Crippen molar-refractivity contribution < 1.29 is 4.79 Å². The normalized spacial score (nSPS) is 10.6. The van der Waals surface area contributed by atoms with E-state index >= 15 is 0 Å². The third-order valence-corrected chi connectivity index (χ3v) is 3.16. The van der Waals surface area contributed by atoms with Crippen molar-refractivity contribution in [3.8, 4) is 0 Å². The Morgan fingerprint density at radius 1 is 1.35 bits per heavy atom. The number of nitrogens with one attached hydrogen (secondary N) is 1. The molecule has 0 bridgehead atoms. The Morgan fingerprint density at radius 3 is 2.59 bits per heavy atom. The lowest BCUT2D eigenvalue weighted by Crippen LogP contribution is -2.29. The topological polar surface area (TPSA) is 55.1 Å². The predicted molar refractivity (Wildman–Crippen MR) is 72.0 cm³/mol. The highest BCUT2D eigenvalue weighted by Crippen LogP contribution is 2.14. The third-order valence-electron chi connectivity index (χ3n) is 3.16. The Morgan fingerprint density at radius 2 is 2.00 bits per heavy atom. The van der Waals surface area contributed by atoms with Gasteiger partial charge in [0.25, 0.3) is 5.91 Å². The first-order valence-electron chi connectivity index (χ1n) is 6.22. The number of hydrogen-bond acceptors (Lipinski definition) is 2. The molecule has 0 aliphatic rings. The molecule has 0 atom stereocenters. The molecule has 3 N–H and O–H groups in total. The fraction of sp³-hybridized carbons (Fsp3) is 0.500. The summed E-state index contributed by atoms with van der Waals surface area (Å²) in [4.78, 5) is 12.0. The maximum absolute atomic E-state index is 12.0. The maximum atomic E-state index is 12.0. The van der Waals surface area contributed by atoms with Crippen LogP contribution < -0.4 is 11.1 Å². The number of hydrogen-bond donors (Lipinski definition) is 2. The Kier molecular flexibility index (Phi) is 5.01. The molecule has 0 saturated heterocycles. The number of aryl methyl sites for hydroxylation is 1.